The van der Waals surface area contributed by atoms with Crippen molar-refractivity contribution in [2.45, 2.75) is 0 Å². The van der Waals surface area contributed by atoms with Gasteiger partial charge in [0.05, 0.1) is 7.11 Å². The molecule has 0 spiro atoms. The van der Waals surface area contributed by atoms with Crippen molar-refractivity contribution in [1.29, 1.82) is 0 Å². The first-order valence-corrected chi connectivity index (χ1v) is 6.30. The van der Waals surface area contributed by atoms with Gasteiger partial charge < -0.3 is 15.4 Å². The Balaban J connectivity index is 1.77. The predicted octanol–water partition coefficient (Wildman–Crippen LogP) is 1.15. The van der Waals surface area contributed by atoms with Gasteiger partial charge in [0.2, 0.25) is 0 Å². The monoisotopic (exact) mass is 253 g/mol. The maximum Gasteiger partial charge on any atom is 0.167 e. The van der Waals surface area contributed by atoms with Gasteiger partial charge in [0.25, 0.3) is 0 Å². The number of halogens is 1. The third kappa shape index (κ3) is 3.58. The topological polar surface area (TPSA) is 36.5 Å². The van der Waals surface area contributed by atoms with Crippen LogP contribution < -0.4 is 15.4 Å². The Kier molecular flexibility index (Phi) is 4.78. The average molecular weight is 253 g/mol. The van der Waals surface area contributed by atoms with Crippen LogP contribution in [0.5, 0.6) is 5.75 Å². The smallest absolute Gasteiger partial charge is 0.167 e. The van der Waals surface area contributed by atoms with Gasteiger partial charge in [0.1, 0.15) is 0 Å². The minimum Gasteiger partial charge on any atom is -0.494 e. The number of piperazine rings is 1. The summed E-state index contributed by atoms with van der Waals surface area (Å²) in [6, 6.07) is 4.94. The van der Waals surface area contributed by atoms with Crippen molar-refractivity contribution in [3.8, 4) is 5.75 Å². The fourth-order valence-electron chi connectivity index (χ4n) is 2.07. The van der Waals surface area contributed by atoms with E-state index in [1.807, 2.05) is 6.07 Å². The summed E-state index contributed by atoms with van der Waals surface area (Å²) in [5.41, 5.74) is 0.795. The zero-order valence-electron chi connectivity index (χ0n) is 10.7. The normalized spacial score (nSPS) is 16.6. The van der Waals surface area contributed by atoms with Crippen molar-refractivity contribution in [2.24, 2.45) is 0 Å². The molecular formula is C13H20FN3O. The van der Waals surface area contributed by atoms with Crippen LogP contribution in [0.2, 0.25) is 0 Å². The Bertz CT molecular complexity index is 380. The van der Waals surface area contributed by atoms with Gasteiger partial charge in [0.15, 0.2) is 11.6 Å². The minimum absolute atomic E-state index is 0.280. The Morgan fingerprint density at radius 3 is 2.83 bits per heavy atom. The summed E-state index contributed by atoms with van der Waals surface area (Å²) in [5.74, 6) is -0.0488. The van der Waals surface area contributed by atoms with Crippen molar-refractivity contribution >= 4 is 5.69 Å². The van der Waals surface area contributed by atoms with Crippen LogP contribution in [0.15, 0.2) is 18.2 Å². The molecule has 0 atom stereocenters. The van der Waals surface area contributed by atoms with Gasteiger partial charge in [-0.25, -0.2) is 4.39 Å². The molecule has 1 fully saturated rings. The fourth-order valence-corrected chi connectivity index (χ4v) is 2.07. The largest absolute Gasteiger partial charge is 0.494 e. The number of hydrogen-bond acceptors (Lipinski definition) is 4. The molecule has 0 amide bonds. The molecule has 4 nitrogen and oxygen atoms in total. The molecule has 2 N–H and O–H groups in total. The van der Waals surface area contributed by atoms with Crippen LogP contribution in [0.1, 0.15) is 0 Å². The van der Waals surface area contributed by atoms with E-state index < -0.39 is 0 Å². The second-order valence-corrected chi connectivity index (χ2v) is 4.37. The van der Waals surface area contributed by atoms with Crippen LogP contribution >= 0.6 is 0 Å². The first-order valence-electron chi connectivity index (χ1n) is 6.30. The summed E-state index contributed by atoms with van der Waals surface area (Å²) < 4.78 is 18.3. The number of hydrogen-bond donors (Lipinski definition) is 2. The Hall–Kier alpha value is -1.33. The van der Waals surface area contributed by atoms with E-state index in [1.54, 1.807) is 6.07 Å². The lowest BCUT2D eigenvalue weighted by Gasteiger charge is -2.27. The highest BCUT2D eigenvalue weighted by molar-refractivity contribution is 5.47. The fraction of sp³-hybridized carbons (Fsp3) is 0.538. The molecule has 0 saturated carbocycles. The van der Waals surface area contributed by atoms with Crippen molar-refractivity contribution in [3.05, 3.63) is 24.0 Å². The van der Waals surface area contributed by atoms with Crippen LogP contribution in [0.4, 0.5) is 10.1 Å². The zero-order valence-corrected chi connectivity index (χ0v) is 10.7. The van der Waals surface area contributed by atoms with Crippen LogP contribution in [0.3, 0.4) is 0 Å². The molecule has 1 aromatic carbocycles. The van der Waals surface area contributed by atoms with E-state index >= 15 is 0 Å². The lowest BCUT2D eigenvalue weighted by atomic mass is 10.3. The van der Waals surface area contributed by atoms with Crippen LogP contribution in [0.25, 0.3) is 0 Å². The van der Waals surface area contributed by atoms with Gasteiger partial charge in [-0.15, -0.1) is 0 Å². The Morgan fingerprint density at radius 2 is 2.17 bits per heavy atom. The van der Waals surface area contributed by atoms with Gasteiger partial charge in [-0.3, -0.25) is 4.90 Å². The minimum atomic E-state index is -0.329. The number of benzene rings is 1. The Morgan fingerprint density at radius 1 is 1.39 bits per heavy atom. The molecule has 0 aliphatic carbocycles. The molecule has 1 heterocycles. The van der Waals surface area contributed by atoms with Crippen molar-refractivity contribution in [3.63, 3.8) is 0 Å². The maximum atomic E-state index is 13.4. The molecule has 100 valence electrons. The van der Waals surface area contributed by atoms with Crippen molar-refractivity contribution in [2.75, 3.05) is 51.7 Å². The maximum absolute atomic E-state index is 13.4. The molecule has 1 aliphatic heterocycles. The van der Waals surface area contributed by atoms with Crippen LogP contribution in [0, 0.1) is 5.82 Å². The number of nitrogens with zero attached hydrogens (tertiary/aromatic N) is 1. The van der Waals surface area contributed by atoms with Crippen LogP contribution in [-0.2, 0) is 0 Å². The van der Waals surface area contributed by atoms with Gasteiger partial charge in [-0.05, 0) is 12.1 Å². The number of nitrogens with one attached hydrogen (secondary N) is 2. The van der Waals surface area contributed by atoms with E-state index in [4.69, 9.17) is 4.74 Å². The van der Waals surface area contributed by atoms with E-state index in [-0.39, 0.29) is 11.6 Å². The third-order valence-electron chi connectivity index (χ3n) is 3.12. The highest BCUT2D eigenvalue weighted by atomic mass is 19.1. The van der Waals surface area contributed by atoms with E-state index in [0.29, 0.717) is 0 Å². The standard InChI is InChI=1S/C13H20FN3O/c1-18-13-3-2-11(10-12(13)14)16-6-9-17-7-4-15-5-8-17/h2-3,10,15-16H,4-9H2,1H3. The summed E-state index contributed by atoms with van der Waals surface area (Å²) in [5, 5.41) is 6.54. The van der Waals surface area contributed by atoms with Crippen LogP contribution in [-0.4, -0.2) is 51.3 Å². The van der Waals surface area contributed by atoms with E-state index in [2.05, 4.69) is 15.5 Å². The van der Waals surface area contributed by atoms with Gasteiger partial charge >= 0.3 is 0 Å². The molecule has 0 unspecified atom stereocenters. The third-order valence-corrected chi connectivity index (χ3v) is 3.12. The zero-order chi connectivity index (χ0) is 12.8. The summed E-state index contributed by atoms with van der Waals surface area (Å²) in [7, 11) is 1.47. The first-order chi connectivity index (χ1) is 8.79. The number of methoxy groups -OCH3 is 1. The predicted molar refractivity (Wildman–Crippen MR) is 70.8 cm³/mol. The number of ether oxygens (including phenoxy) is 1. The molecule has 5 heteroatoms. The quantitative estimate of drug-likeness (QED) is 0.825. The van der Waals surface area contributed by atoms with Gasteiger partial charge in [-0.1, -0.05) is 0 Å². The van der Waals surface area contributed by atoms with Crippen molar-refractivity contribution < 1.29 is 9.13 Å². The molecule has 0 radical (unpaired) electrons. The van der Waals surface area contributed by atoms with Crippen molar-refractivity contribution in [1.82, 2.24) is 10.2 Å². The van der Waals surface area contributed by atoms with E-state index in [0.717, 1.165) is 45.0 Å². The summed E-state index contributed by atoms with van der Waals surface area (Å²) in [6.07, 6.45) is 0. The number of rotatable bonds is 5. The molecule has 0 aromatic heterocycles. The first kappa shape index (κ1) is 13.1. The van der Waals surface area contributed by atoms with E-state index in [9.17, 15) is 4.39 Å². The van der Waals surface area contributed by atoms with E-state index in [1.165, 1.54) is 13.2 Å². The molecule has 1 aromatic rings. The number of anilines is 1. The Labute approximate surface area is 107 Å². The summed E-state index contributed by atoms with van der Waals surface area (Å²) in [4.78, 5) is 2.39. The highest BCUT2D eigenvalue weighted by Crippen LogP contribution is 2.20. The lowest BCUT2D eigenvalue weighted by molar-refractivity contribution is 0.249. The SMILES string of the molecule is COc1ccc(NCCN2CCNCC2)cc1F. The molecular weight excluding hydrogens is 233 g/mol. The molecule has 1 saturated heterocycles. The lowest BCUT2D eigenvalue weighted by Crippen LogP contribution is -2.45. The van der Waals surface area contributed by atoms with Gasteiger partial charge in [0, 0.05) is 51.0 Å². The van der Waals surface area contributed by atoms with Gasteiger partial charge in [-0.2, -0.15) is 0 Å². The second kappa shape index (κ2) is 6.56. The average Bonchev–Trinajstić information content (AvgIpc) is 2.40. The highest BCUT2D eigenvalue weighted by Gasteiger charge is 2.08. The summed E-state index contributed by atoms with van der Waals surface area (Å²) >= 11 is 0. The summed E-state index contributed by atoms with van der Waals surface area (Å²) in [6.45, 7) is 6.08. The second-order valence-electron chi connectivity index (χ2n) is 4.37. The molecule has 18 heavy (non-hydrogen) atoms. The molecule has 2 rings (SSSR count). The molecule has 0 bridgehead atoms. The molecule has 1 aliphatic rings.